The number of amides is 1. The first-order chi connectivity index (χ1) is 13.5. The minimum absolute atomic E-state index is 0.184. The van der Waals surface area contributed by atoms with Crippen molar-refractivity contribution in [2.24, 2.45) is 5.10 Å². The lowest BCUT2D eigenvalue weighted by Crippen LogP contribution is -2.39. The van der Waals surface area contributed by atoms with E-state index in [1.807, 2.05) is 73.6 Å². The number of carbonyl (C=O) groups is 2. The summed E-state index contributed by atoms with van der Waals surface area (Å²) in [5.41, 5.74) is 2.58. The van der Waals surface area contributed by atoms with E-state index in [9.17, 15) is 9.59 Å². The van der Waals surface area contributed by atoms with Crippen LogP contribution in [0.15, 0.2) is 59.7 Å². The highest BCUT2D eigenvalue weighted by Gasteiger charge is 2.37. The number of ether oxygens (including phenoxy) is 1. The minimum atomic E-state index is -0.642. The Morgan fingerprint density at radius 3 is 2.50 bits per heavy atom. The zero-order valence-electron chi connectivity index (χ0n) is 16.3. The van der Waals surface area contributed by atoms with E-state index in [4.69, 9.17) is 4.74 Å². The molecule has 1 heterocycles. The smallest absolute Gasteiger partial charge is 0.354 e. The molecule has 0 bridgehead atoms. The Bertz CT molecular complexity index is 880. The summed E-state index contributed by atoms with van der Waals surface area (Å²) in [4.78, 5) is 27.2. The van der Waals surface area contributed by atoms with Crippen LogP contribution in [0.2, 0.25) is 0 Å². The van der Waals surface area contributed by atoms with Crippen molar-refractivity contribution in [2.75, 3.05) is 35.9 Å². The molecule has 7 heteroatoms. The Hall–Kier alpha value is -3.35. The number of nitrogens with one attached hydrogen (secondary N) is 1. The van der Waals surface area contributed by atoms with Crippen molar-refractivity contribution in [1.82, 2.24) is 0 Å². The molecule has 28 heavy (non-hydrogen) atoms. The van der Waals surface area contributed by atoms with Crippen molar-refractivity contribution in [3.05, 3.63) is 54.6 Å². The van der Waals surface area contributed by atoms with Crippen LogP contribution in [0.3, 0.4) is 0 Å². The molecule has 0 spiro atoms. The van der Waals surface area contributed by atoms with E-state index in [0.717, 1.165) is 11.4 Å². The topological polar surface area (TPSA) is 74.2 Å². The van der Waals surface area contributed by atoms with Gasteiger partial charge in [0.2, 0.25) is 5.91 Å². The number of anilines is 3. The first-order valence-electron chi connectivity index (χ1n) is 9.17. The number of nitrogens with zero attached hydrogens (tertiary/aromatic N) is 3. The molecule has 0 fully saturated rings. The van der Waals surface area contributed by atoms with Gasteiger partial charge in [0.25, 0.3) is 0 Å². The van der Waals surface area contributed by atoms with E-state index in [2.05, 4.69) is 10.4 Å². The molecule has 7 nitrogen and oxygen atoms in total. The molecule has 0 saturated carbocycles. The van der Waals surface area contributed by atoms with Gasteiger partial charge < -0.3 is 15.0 Å². The molecule has 1 atom stereocenters. The van der Waals surface area contributed by atoms with Crippen molar-refractivity contribution < 1.29 is 14.3 Å². The first kappa shape index (κ1) is 19.4. The van der Waals surface area contributed by atoms with Gasteiger partial charge in [-0.2, -0.15) is 5.10 Å². The molecule has 146 valence electrons. The van der Waals surface area contributed by atoms with Gasteiger partial charge in [-0.3, -0.25) is 9.80 Å². The maximum absolute atomic E-state index is 13.1. The SMILES string of the molecule is CCOC(=O)C1=NN(c2ccccc2)C(C(=O)Nc2ccccc2N(C)C)C1. The summed E-state index contributed by atoms with van der Waals surface area (Å²) in [5, 5.41) is 8.94. The van der Waals surface area contributed by atoms with Crippen LogP contribution in [0.25, 0.3) is 0 Å². The summed E-state index contributed by atoms with van der Waals surface area (Å²) in [6.45, 7) is 2.00. The van der Waals surface area contributed by atoms with Gasteiger partial charge in [-0.1, -0.05) is 30.3 Å². The van der Waals surface area contributed by atoms with Gasteiger partial charge in [0.05, 0.1) is 23.7 Å². The lowest BCUT2D eigenvalue weighted by molar-refractivity contribution is -0.135. The molecule has 1 N–H and O–H groups in total. The molecular formula is C21H24N4O3. The first-order valence-corrected chi connectivity index (χ1v) is 9.17. The van der Waals surface area contributed by atoms with Gasteiger partial charge in [0.15, 0.2) is 0 Å². The molecule has 3 rings (SSSR count). The quantitative estimate of drug-likeness (QED) is 0.780. The van der Waals surface area contributed by atoms with E-state index in [0.29, 0.717) is 5.69 Å². The molecular weight excluding hydrogens is 356 g/mol. The van der Waals surface area contributed by atoms with Crippen molar-refractivity contribution in [2.45, 2.75) is 19.4 Å². The van der Waals surface area contributed by atoms with Gasteiger partial charge in [-0.15, -0.1) is 0 Å². The standard InChI is InChI=1S/C21H24N4O3/c1-4-28-21(27)17-14-19(25(23-17)15-10-6-5-7-11-15)20(26)22-16-12-8-9-13-18(16)24(2)3/h5-13,19H,4,14H2,1-3H3,(H,22,26). The predicted molar refractivity (Wildman–Crippen MR) is 111 cm³/mol. The van der Waals surface area contributed by atoms with E-state index >= 15 is 0 Å². The Morgan fingerprint density at radius 2 is 1.82 bits per heavy atom. The monoisotopic (exact) mass is 380 g/mol. The highest BCUT2D eigenvalue weighted by Crippen LogP contribution is 2.28. The zero-order chi connectivity index (χ0) is 20.1. The van der Waals surface area contributed by atoms with E-state index in [1.54, 1.807) is 11.9 Å². The second-order valence-electron chi connectivity index (χ2n) is 6.57. The summed E-state index contributed by atoms with van der Waals surface area (Å²) in [6.07, 6.45) is 0.184. The Labute approximate surface area is 164 Å². The Balaban J connectivity index is 1.87. The molecule has 1 amide bonds. The number of carbonyl (C=O) groups excluding carboxylic acids is 2. The summed E-state index contributed by atoms with van der Waals surface area (Å²) in [6, 6.07) is 16.2. The highest BCUT2D eigenvalue weighted by atomic mass is 16.5. The van der Waals surface area contributed by atoms with Crippen LogP contribution in [-0.2, 0) is 14.3 Å². The second-order valence-corrected chi connectivity index (χ2v) is 6.57. The molecule has 0 radical (unpaired) electrons. The number of benzene rings is 2. The van der Waals surface area contributed by atoms with Crippen molar-refractivity contribution >= 4 is 34.7 Å². The van der Waals surface area contributed by atoms with Crippen LogP contribution in [-0.4, -0.2) is 44.3 Å². The van der Waals surface area contributed by atoms with Crippen LogP contribution in [0.1, 0.15) is 13.3 Å². The summed E-state index contributed by atoms with van der Waals surface area (Å²) < 4.78 is 5.07. The van der Waals surface area contributed by atoms with Gasteiger partial charge in [0.1, 0.15) is 11.8 Å². The van der Waals surface area contributed by atoms with Crippen LogP contribution < -0.4 is 15.2 Å². The lowest BCUT2D eigenvalue weighted by Gasteiger charge is -2.24. The zero-order valence-corrected chi connectivity index (χ0v) is 16.3. The largest absolute Gasteiger partial charge is 0.461 e. The average Bonchev–Trinajstić information content (AvgIpc) is 3.15. The van der Waals surface area contributed by atoms with Gasteiger partial charge in [0, 0.05) is 20.5 Å². The molecule has 0 aliphatic carbocycles. The number of hydrogen-bond donors (Lipinski definition) is 1. The fourth-order valence-corrected chi connectivity index (χ4v) is 3.06. The van der Waals surface area contributed by atoms with Crippen molar-refractivity contribution in [3.8, 4) is 0 Å². The van der Waals surface area contributed by atoms with Crippen LogP contribution >= 0.6 is 0 Å². The maximum Gasteiger partial charge on any atom is 0.354 e. The predicted octanol–water partition coefficient (Wildman–Crippen LogP) is 2.89. The fraction of sp³-hybridized carbons (Fsp3) is 0.286. The number of esters is 1. The Morgan fingerprint density at radius 1 is 1.14 bits per heavy atom. The molecule has 2 aromatic rings. The summed E-state index contributed by atoms with van der Waals surface area (Å²) >= 11 is 0. The fourth-order valence-electron chi connectivity index (χ4n) is 3.06. The summed E-state index contributed by atoms with van der Waals surface area (Å²) in [5.74, 6) is -0.728. The molecule has 0 aromatic heterocycles. The van der Waals surface area contributed by atoms with Crippen molar-refractivity contribution in [3.63, 3.8) is 0 Å². The van der Waals surface area contributed by atoms with E-state index in [1.165, 1.54) is 0 Å². The van der Waals surface area contributed by atoms with Crippen LogP contribution in [0.5, 0.6) is 0 Å². The van der Waals surface area contributed by atoms with Crippen molar-refractivity contribution in [1.29, 1.82) is 0 Å². The lowest BCUT2D eigenvalue weighted by atomic mass is 10.1. The van der Waals surface area contributed by atoms with Gasteiger partial charge in [-0.25, -0.2) is 4.79 Å². The average molecular weight is 380 g/mol. The third kappa shape index (κ3) is 4.14. The normalized spacial score (nSPS) is 15.8. The van der Waals surface area contributed by atoms with Crippen LogP contribution in [0.4, 0.5) is 17.1 Å². The third-order valence-corrected chi connectivity index (χ3v) is 4.39. The molecule has 1 aliphatic heterocycles. The summed E-state index contributed by atoms with van der Waals surface area (Å²) in [7, 11) is 3.83. The minimum Gasteiger partial charge on any atom is -0.461 e. The molecule has 2 aromatic carbocycles. The highest BCUT2D eigenvalue weighted by molar-refractivity contribution is 6.38. The molecule has 1 unspecified atom stereocenters. The number of hydrogen-bond acceptors (Lipinski definition) is 6. The van der Waals surface area contributed by atoms with Crippen LogP contribution in [0, 0.1) is 0 Å². The number of rotatable bonds is 6. The van der Waals surface area contributed by atoms with E-state index < -0.39 is 12.0 Å². The maximum atomic E-state index is 13.1. The van der Waals surface area contributed by atoms with Gasteiger partial charge in [-0.05, 0) is 31.2 Å². The number of para-hydroxylation sites is 3. The molecule has 0 saturated heterocycles. The second kappa shape index (κ2) is 8.56. The van der Waals surface area contributed by atoms with E-state index in [-0.39, 0.29) is 24.6 Å². The van der Waals surface area contributed by atoms with Gasteiger partial charge >= 0.3 is 5.97 Å². The number of hydrazone groups is 1. The Kier molecular flexibility index (Phi) is 5.93. The molecule has 1 aliphatic rings. The third-order valence-electron chi connectivity index (χ3n) is 4.39.